The van der Waals surface area contributed by atoms with E-state index in [2.05, 4.69) is 0 Å². The Morgan fingerprint density at radius 2 is 1.73 bits per heavy atom. The van der Waals surface area contributed by atoms with Gasteiger partial charge in [-0.2, -0.15) is 13.2 Å². The molecule has 0 saturated heterocycles. The Labute approximate surface area is 127 Å². The van der Waals surface area contributed by atoms with Gasteiger partial charge in [0.2, 0.25) is 0 Å². The van der Waals surface area contributed by atoms with Crippen LogP contribution in [0.3, 0.4) is 0 Å². The predicted molar refractivity (Wildman–Crippen MR) is 79.9 cm³/mol. The highest BCUT2D eigenvalue weighted by atomic mass is 19.4. The molecule has 0 bridgehead atoms. The second kappa shape index (κ2) is 6.34. The number of halogens is 3. The lowest BCUT2D eigenvalue weighted by Crippen LogP contribution is -2.11. The first kappa shape index (κ1) is 16.3. The fourth-order valence-electron chi connectivity index (χ4n) is 2.30. The van der Waals surface area contributed by atoms with Crippen molar-refractivity contribution in [3.05, 3.63) is 70.8 Å². The van der Waals surface area contributed by atoms with Crippen LogP contribution in [-0.2, 0) is 12.6 Å². The molecule has 0 spiro atoms. The van der Waals surface area contributed by atoms with Crippen LogP contribution in [0, 0.1) is 5.92 Å². The van der Waals surface area contributed by atoms with E-state index in [0.29, 0.717) is 17.5 Å². The van der Waals surface area contributed by atoms with Crippen LogP contribution in [0.2, 0.25) is 0 Å². The predicted octanol–water partition coefficient (Wildman–Crippen LogP) is 5.13. The normalized spacial score (nSPS) is 11.7. The van der Waals surface area contributed by atoms with Gasteiger partial charge in [0.05, 0.1) is 5.56 Å². The van der Waals surface area contributed by atoms with E-state index in [1.54, 1.807) is 30.3 Å². The Balaban J connectivity index is 2.34. The molecule has 0 heterocycles. The molecule has 1 nitrogen and oxygen atoms in total. The second-order valence-electron chi connectivity index (χ2n) is 5.55. The van der Waals surface area contributed by atoms with E-state index in [1.165, 1.54) is 6.07 Å². The molecule has 0 aliphatic heterocycles. The molecular formula is C18H17F3O. The molecule has 4 heteroatoms. The average Bonchev–Trinajstić information content (AvgIpc) is 2.46. The Hall–Kier alpha value is -2.10. The highest BCUT2D eigenvalue weighted by Gasteiger charge is 2.30. The lowest BCUT2D eigenvalue weighted by atomic mass is 9.92. The van der Waals surface area contributed by atoms with Crippen molar-refractivity contribution in [1.82, 2.24) is 0 Å². The van der Waals surface area contributed by atoms with E-state index in [9.17, 15) is 18.0 Å². The summed E-state index contributed by atoms with van der Waals surface area (Å²) in [5.74, 6) is -0.148. The smallest absolute Gasteiger partial charge is 0.294 e. The molecule has 0 aliphatic rings. The second-order valence-corrected chi connectivity index (χ2v) is 5.55. The maximum atomic E-state index is 12.8. The van der Waals surface area contributed by atoms with Crippen molar-refractivity contribution in [3.8, 4) is 0 Å². The van der Waals surface area contributed by atoms with Crippen molar-refractivity contribution in [3.63, 3.8) is 0 Å². The summed E-state index contributed by atoms with van der Waals surface area (Å²) in [7, 11) is 0. The summed E-state index contributed by atoms with van der Waals surface area (Å²) in [4.78, 5) is 12.2. The minimum Gasteiger partial charge on any atom is -0.294 e. The summed E-state index contributed by atoms with van der Waals surface area (Å²) in [6.45, 7) is 3.62. The van der Waals surface area contributed by atoms with Gasteiger partial charge in [-0.05, 0) is 23.6 Å². The van der Waals surface area contributed by atoms with Gasteiger partial charge in [-0.1, -0.05) is 56.3 Å². The monoisotopic (exact) mass is 306 g/mol. The molecule has 116 valence electrons. The van der Waals surface area contributed by atoms with Crippen LogP contribution < -0.4 is 0 Å². The van der Waals surface area contributed by atoms with Gasteiger partial charge in [0, 0.05) is 11.5 Å². The van der Waals surface area contributed by atoms with Gasteiger partial charge >= 0.3 is 6.18 Å². The van der Waals surface area contributed by atoms with E-state index < -0.39 is 11.7 Å². The van der Waals surface area contributed by atoms with Gasteiger partial charge in [-0.3, -0.25) is 4.79 Å². The lowest BCUT2D eigenvalue weighted by Gasteiger charge is -2.12. The molecule has 0 unspecified atom stereocenters. The molecule has 22 heavy (non-hydrogen) atoms. The van der Waals surface area contributed by atoms with E-state index in [0.717, 1.165) is 17.7 Å². The van der Waals surface area contributed by atoms with Crippen LogP contribution in [0.25, 0.3) is 0 Å². The third kappa shape index (κ3) is 3.75. The molecule has 0 amide bonds. The molecule has 2 aromatic rings. The summed E-state index contributed by atoms with van der Waals surface area (Å²) >= 11 is 0. The maximum Gasteiger partial charge on any atom is 0.416 e. The van der Waals surface area contributed by atoms with Gasteiger partial charge in [-0.15, -0.1) is 0 Å². The molecule has 0 aromatic heterocycles. The summed E-state index contributed by atoms with van der Waals surface area (Å²) in [6.07, 6.45) is -4.05. The van der Waals surface area contributed by atoms with Crippen molar-refractivity contribution in [2.24, 2.45) is 5.92 Å². The molecule has 2 aromatic carbocycles. The van der Waals surface area contributed by atoms with Crippen LogP contribution in [0.1, 0.15) is 40.9 Å². The first-order chi connectivity index (χ1) is 10.3. The first-order valence-electron chi connectivity index (χ1n) is 7.07. The van der Waals surface area contributed by atoms with Crippen LogP contribution >= 0.6 is 0 Å². The zero-order valence-electron chi connectivity index (χ0n) is 12.4. The molecule has 0 radical (unpaired) electrons. The number of carbonyl (C=O) groups is 1. The number of hydrogen-bond donors (Lipinski definition) is 0. The standard InChI is InChI=1S/C18H17F3O/c1-12(2)17(22)16-9-4-3-7-14(16)10-13-6-5-8-15(11-13)18(19,20)21/h3-9,11-12H,10H2,1-2H3. The first-order valence-corrected chi connectivity index (χ1v) is 7.07. The third-order valence-electron chi connectivity index (χ3n) is 3.46. The van der Waals surface area contributed by atoms with Crippen LogP contribution in [0.15, 0.2) is 48.5 Å². The summed E-state index contributed by atoms with van der Waals surface area (Å²) in [5, 5.41) is 0. The Morgan fingerprint density at radius 3 is 2.36 bits per heavy atom. The fourth-order valence-corrected chi connectivity index (χ4v) is 2.30. The largest absolute Gasteiger partial charge is 0.416 e. The van der Waals surface area contributed by atoms with Gasteiger partial charge < -0.3 is 0 Å². The summed E-state index contributed by atoms with van der Waals surface area (Å²) in [6, 6.07) is 12.3. The quantitative estimate of drug-likeness (QED) is 0.715. The molecule has 0 saturated carbocycles. The topological polar surface area (TPSA) is 17.1 Å². The number of carbonyl (C=O) groups excluding carboxylic acids is 1. The van der Waals surface area contributed by atoms with Gasteiger partial charge in [0.15, 0.2) is 5.78 Å². The number of benzene rings is 2. The summed E-state index contributed by atoms with van der Waals surface area (Å²) in [5.41, 5.74) is 1.20. The SMILES string of the molecule is CC(C)C(=O)c1ccccc1Cc1cccc(C(F)(F)F)c1. The Kier molecular flexibility index (Phi) is 4.69. The number of alkyl halides is 3. The Morgan fingerprint density at radius 1 is 1.05 bits per heavy atom. The molecule has 2 rings (SSSR count). The van der Waals surface area contributed by atoms with Crippen molar-refractivity contribution in [2.75, 3.05) is 0 Å². The third-order valence-corrected chi connectivity index (χ3v) is 3.46. The van der Waals surface area contributed by atoms with Crippen molar-refractivity contribution in [1.29, 1.82) is 0 Å². The molecular weight excluding hydrogens is 289 g/mol. The summed E-state index contributed by atoms with van der Waals surface area (Å²) < 4.78 is 38.3. The maximum absolute atomic E-state index is 12.8. The highest BCUT2D eigenvalue weighted by molar-refractivity contribution is 5.98. The lowest BCUT2D eigenvalue weighted by molar-refractivity contribution is -0.137. The van der Waals surface area contributed by atoms with Gasteiger partial charge in [-0.25, -0.2) is 0 Å². The fraction of sp³-hybridized carbons (Fsp3) is 0.278. The minimum atomic E-state index is -4.36. The zero-order chi connectivity index (χ0) is 16.3. The van der Waals surface area contributed by atoms with Crippen LogP contribution in [0.4, 0.5) is 13.2 Å². The highest BCUT2D eigenvalue weighted by Crippen LogP contribution is 2.30. The van der Waals surface area contributed by atoms with Gasteiger partial charge in [0.1, 0.15) is 0 Å². The molecule has 0 atom stereocenters. The van der Waals surface area contributed by atoms with Crippen molar-refractivity contribution < 1.29 is 18.0 Å². The van der Waals surface area contributed by atoms with E-state index >= 15 is 0 Å². The number of hydrogen-bond acceptors (Lipinski definition) is 1. The van der Waals surface area contributed by atoms with Crippen molar-refractivity contribution in [2.45, 2.75) is 26.4 Å². The van der Waals surface area contributed by atoms with Crippen LogP contribution in [-0.4, -0.2) is 5.78 Å². The van der Waals surface area contributed by atoms with Gasteiger partial charge in [0.25, 0.3) is 0 Å². The minimum absolute atomic E-state index is 0.00239. The van der Waals surface area contributed by atoms with Crippen LogP contribution in [0.5, 0.6) is 0 Å². The van der Waals surface area contributed by atoms with E-state index in [4.69, 9.17) is 0 Å². The molecule has 0 aliphatic carbocycles. The Bertz CT molecular complexity index is 672. The van der Waals surface area contributed by atoms with Crippen molar-refractivity contribution >= 4 is 5.78 Å². The number of ketones is 1. The number of Topliss-reactive ketones (excluding diaryl/α,β-unsaturated/α-hetero) is 1. The molecule has 0 fully saturated rings. The number of rotatable bonds is 4. The zero-order valence-corrected chi connectivity index (χ0v) is 12.4. The van der Waals surface area contributed by atoms with E-state index in [1.807, 2.05) is 13.8 Å². The average molecular weight is 306 g/mol. The van der Waals surface area contributed by atoms with E-state index in [-0.39, 0.29) is 11.7 Å². The molecule has 0 N–H and O–H groups in total.